The molecular weight excluding hydrogens is 292 g/mol. The average Bonchev–Trinajstić information content (AvgIpc) is 2.38. The lowest BCUT2D eigenvalue weighted by Crippen LogP contribution is -2.42. The minimum atomic E-state index is -0.548. The van der Waals surface area contributed by atoms with Crippen molar-refractivity contribution >= 4 is 23.7 Å². The molecule has 0 aliphatic rings. The molecule has 0 aromatic carbocycles. The second kappa shape index (κ2) is 8.46. The molecule has 1 heterocycles. The lowest BCUT2D eigenvalue weighted by Gasteiger charge is -2.11. The zero-order valence-electron chi connectivity index (χ0n) is 12.4. The van der Waals surface area contributed by atoms with E-state index in [-0.39, 0.29) is 5.56 Å². The molecule has 0 unspecified atom stereocenters. The highest BCUT2D eigenvalue weighted by molar-refractivity contribution is 8.00. The van der Waals surface area contributed by atoms with Gasteiger partial charge in [-0.25, -0.2) is 9.78 Å². The number of nitrogens with zero attached hydrogens (tertiary/aromatic N) is 1. The first-order valence-electron chi connectivity index (χ1n) is 6.81. The van der Waals surface area contributed by atoms with Crippen molar-refractivity contribution in [3.05, 3.63) is 22.1 Å². The molecular formula is C13H20N4O3S. The van der Waals surface area contributed by atoms with Crippen LogP contribution in [-0.4, -0.2) is 33.7 Å². The second-order valence-corrected chi connectivity index (χ2v) is 5.73. The summed E-state index contributed by atoms with van der Waals surface area (Å²) in [6.45, 7) is 5.84. The highest BCUT2D eigenvalue weighted by atomic mass is 32.2. The Morgan fingerprint density at radius 2 is 2.14 bits per heavy atom. The Kier molecular flexibility index (Phi) is 6.93. The van der Waals surface area contributed by atoms with Crippen LogP contribution in [0.25, 0.3) is 0 Å². The van der Waals surface area contributed by atoms with Crippen LogP contribution in [0.15, 0.2) is 16.0 Å². The predicted octanol–water partition coefficient (Wildman–Crippen LogP) is 1.05. The Balaban J connectivity index is 2.69. The molecule has 0 fully saturated rings. The van der Waals surface area contributed by atoms with E-state index in [2.05, 4.69) is 20.6 Å². The maximum atomic E-state index is 11.8. The number of aromatic nitrogens is 2. The van der Waals surface area contributed by atoms with Crippen LogP contribution in [0.3, 0.4) is 0 Å². The number of urea groups is 1. The van der Waals surface area contributed by atoms with Crippen molar-refractivity contribution in [1.29, 1.82) is 0 Å². The maximum Gasteiger partial charge on any atom is 0.321 e. The van der Waals surface area contributed by atoms with Crippen LogP contribution in [0, 0.1) is 0 Å². The van der Waals surface area contributed by atoms with Gasteiger partial charge < -0.3 is 10.3 Å². The number of aromatic amines is 1. The Hall–Kier alpha value is -1.83. The number of H-pyrrole nitrogens is 1. The zero-order chi connectivity index (χ0) is 15.8. The van der Waals surface area contributed by atoms with Gasteiger partial charge in [0.25, 0.3) is 5.56 Å². The number of carbonyl (C=O) groups is 2. The third kappa shape index (κ3) is 5.99. The van der Waals surface area contributed by atoms with Crippen LogP contribution in [0.2, 0.25) is 0 Å². The molecule has 0 bridgehead atoms. The van der Waals surface area contributed by atoms with E-state index >= 15 is 0 Å². The fourth-order valence-electron chi connectivity index (χ4n) is 1.56. The van der Waals surface area contributed by atoms with Crippen molar-refractivity contribution in [2.24, 2.45) is 0 Å². The number of hydrogen-bond donors (Lipinski definition) is 3. The van der Waals surface area contributed by atoms with E-state index in [0.29, 0.717) is 23.8 Å². The van der Waals surface area contributed by atoms with Gasteiger partial charge in [0.05, 0.1) is 5.25 Å². The van der Waals surface area contributed by atoms with Gasteiger partial charge in [-0.1, -0.05) is 25.1 Å². The van der Waals surface area contributed by atoms with E-state index in [1.165, 1.54) is 6.07 Å². The van der Waals surface area contributed by atoms with Gasteiger partial charge in [-0.05, 0) is 20.3 Å². The van der Waals surface area contributed by atoms with Crippen LogP contribution in [0.1, 0.15) is 32.9 Å². The fraction of sp³-hybridized carbons (Fsp3) is 0.538. The minimum absolute atomic E-state index is 0.243. The molecule has 0 saturated carbocycles. The van der Waals surface area contributed by atoms with Crippen molar-refractivity contribution in [3.8, 4) is 0 Å². The summed E-state index contributed by atoms with van der Waals surface area (Å²) < 4.78 is 0. The summed E-state index contributed by atoms with van der Waals surface area (Å²) in [5, 5.41) is 4.53. The van der Waals surface area contributed by atoms with E-state index in [1.807, 2.05) is 6.92 Å². The van der Waals surface area contributed by atoms with Crippen LogP contribution in [0.5, 0.6) is 0 Å². The lowest BCUT2D eigenvalue weighted by atomic mass is 10.2. The summed E-state index contributed by atoms with van der Waals surface area (Å²) in [6, 6.07) is 0.920. The molecule has 7 nitrogen and oxygen atoms in total. The molecule has 0 radical (unpaired) electrons. The lowest BCUT2D eigenvalue weighted by molar-refractivity contribution is -0.119. The standard InChI is InChI=1S/C13H20N4O3S/c1-4-6-9-7-10(18)16-13(15-9)21-8(3)11(19)17-12(20)14-5-2/h7-8H,4-6H2,1-3H3,(H,15,16,18)(H2,14,17,19,20)/t8-/m0/s1. The number of rotatable bonds is 6. The molecule has 8 heteroatoms. The van der Waals surface area contributed by atoms with Crippen LogP contribution < -0.4 is 16.2 Å². The Morgan fingerprint density at radius 1 is 1.43 bits per heavy atom. The van der Waals surface area contributed by atoms with Crippen molar-refractivity contribution in [2.75, 3.05) is 6.54 Å². The minimum Gasteiger partial charge on any atom is -0.338 e. The van der Waals surface area contributed by atoms with Gasteiger partial charge in [0.1, 0.15) is 0 Å². The Labute approximate surface area is 127 Å². The van der Waals surface area contributed by atoms with Gasteiger partial charge in [-0.15, -0.1) is 0 Å². The summed E-state index contributed by atoms with van der Waals surface area (Å²) in [5.41, 5.74) is 0.451. The first-order valence-corrected chi connectivity index (χ1v) is 7.69. The van der Waals surface area contributed by atoms with Crippen molar-refractivity contribution < 1.29 is 9.59 Å². The summed E-state index contributed by atoms with van der Waals surface area (Å²) >= 11 is 1.11. The highest BCUT2D eigenvalue weighted by Gasteiger charge is 2.18. The van der Waals surface area contributed by atoms with Gasteiger partial charge in [0.2, 0.25) is 5.91 Å². The maximum absolute atomic E-state index is 11.8. The highest BCUT2D eigenvalue weighted by Crippen LogP contribution is 2.18. The van der Waals surface area contributed by atoms with Crippen LogP contribution in [0.4, 0.5) is 4.79 Å². The Bertz CT molecular complexity index is 559. The van der Waals surface area contributed by atoms with Crippen molar-refractivity contribution in [3.63, 3.8) is 0 Å². The Morgan fingerprint density at radius 3 is 2.76 bits per heavy atom. The van der Waals surface area contributed by atoms with Crippen LogP contribution in [-0.2, 0) is 11.2 Å². The third-order valence-corrected chi connectivity index (χ3v) is 3.50. The van der Waals surface area contributed by atoms with Gasteiger partial charge in [-0.3, -0.25) is 14.9 Å². The molecule has 1 aromatic heterocycles. The van der Waals surface area contributed by atoms with Crippen molar-refractivity contribution in [2.45, 2.75) is 44.0 Å². The monoisotopic (exact) mass is 312 g/mol. The number of hydrogen-bond acceptors (Lipinski definition) is 5. The molecule has 0 aliphatic carbocycles. The molecule has 0 spiro atoms. The second-order valence-electron chi connectivity index (χ2n) is 4.40. The van der Waals surface area contributed by atoms with E-state index in [1.54, 1.807) is 13.8 Å². The number of amides is 3. The molecule has 21 heavy (non-hydrogen) atoms. The summed E-state index contributed by atoms with van der Waals surface area (Å²) in [6.07, 6.45) is 1.59. The summed E-state index contributed by atoms with van der Waals surface area (Å²) in [4.78, 5) is 41.5. The van der Waals surface area contributed by atoms with Crippen LogP contribution >= 0.6 is 11.8 Å². The van der Waals surface area contributed by atoms with Gasteiger partial charge >= 0.3 is 6.03 Å². The summed E-state index contributed by atoms with van der Waals surface area (Å²) in [5.74, 6) is -0.436. The third-order valence-electron chi connectivity index (χ3n) is 2.51. The molecule has 3 N–H and O–H groups in total. The quantitative estimate of drug-likeness (QED) is 0.538. The van der Waals surface area contributed by atoms with Gasteiger partial charge in [0.15, 0.2) is 5.16 Å². The first kappa shape index (κ1) is 17.2. The average molecular weight is 312 g/mol. The fourth-order valence-corrected chi connectivity index (χ4v) is 2.39. The molecule has 3 amide bonds. The van der Waals surface area contributed by atoms with E-state index < -0.39 is 17.2 Å². The number of imide groups is 1. The van der Waals surface area contributed by atoms with E-state index in [4.69, 9.17) is 0 Å². The largest absolute Gasteiger partial charge is 0.338 e. The number of carbonyl (C=O) groups excluding carboxylic acids is 2. The SMILES string of the molecule is CCCc1cc(=O)[nH]c(S[C@@H](C)C(=O)NC(=O)NCC)n1. The van der Waals surface area contributed by atoms with E-state index in [9.17, 15) is 14.4 Å². The number of nitrogens with one attached hydrogen (secondary N) is 3. The first-order chi connectivity index (χ1) is 9.96. The smallest absolute Gasteiger partial charge is 0.321 e. The topological polar surface area (TPSA) is 104 Å². The number of aryl methyl sites for hydroxylation is 1. The number of thioether (sulfide) groups is 1. The molecule has 1 aromatic rings. The molecule has 1 rings (SSSR count). The normalized spacial score (nSPS) is 11.8. The molecule has 0 saturated heterocycles. The predicted molar refractivity (Wildman–Crippen MR) is 81.4 cm³/mol. The molecule has 116 valence electrons. The zero-order valence-corrected chi connectivity index (χ0v) is 13.2. The molecule has 1 atom stereocenters. The molecule has 0 aliphatic heterocycles. The van der Waals surface area contributed by atoms with Crippen molar-refractivity contribution in [1.82, 2.24) is 20.6 Å². The van der Waals surface area contributed by atoms with E-state index in [0.717, 1.165) is 18.2 Å². The summed E-state index contributed by atoms with van der Waals surface area (Å²) in [7, 11) is 0. The van der Waals surface area contributed by atoms with Gasteiger partial charge in [-0.2, -0.15) is 0 Å². The van der Waals surface area contributed by atoms with Gasteiger partial charge in [0, 0.05) is 18.3 Å².